The molecule has 5 heteroatoms. The van der Waals surface area contributed by atoms with Crippen LogP contribution in [0.25, 0.3) is 27.1 Å². The molecule has 130 valence electrons. The van der Waals surface area contributed by atoms with Gasteiger partial charge in [-0.1, -0.05) is 42.5 Å². The number of ether oxygens (including phenoxy) is 2. The van der Waals surface area contributed by atoms with Crippen molar-refractivity contribution in [2.45, 2.75) is 0 Å². The normalized spacial score (nSPS) is 13.3. The maximum absolute atomic E-state index is 12.5. The lowest BCUT2D eigenvalue weighted by Gasteiger charge is -2.31. The van der Waals surface area contributed by atoms with Crippen molar-refractivity contribution >= 4 is 44.7 Å². The van der Waals surface area contributed by atoms with Crippen molar-refractivity contribution in [3.8, 4) is 0 Å². The van der Waals surface area contributed by atoms with Gasteiger partial charge in [0.05, 0.1) is 25.5 Å². The Morgan fingerprint density at radius 2 is 1.58 bits per heavy atom. The van der Waals surface area contributed by atoms with Gasteiger partial charge in [0.2, 0.25) is 0 Å². The van der Waals surface area contributed by atoms with E-state index in [0.29, 0.717) is 5.56 Å². The quantitative estimate of drug-likeness (QED) is 0.525. The predicted octanol–water partition coefficient (Wildman–Crippen LogP) is 3.50. The molecule has 0 saturated carbocycles. The number of rotatable bonds is 2. The summed E-state index contributed by atoms with van der Waals surface area (Å²) in [6.07, 6.45) is 0. The van der Waals surface area contributed by atoms with E-state index in [1.54, 1.807) is 11.9 Å². The molecule has 0 aromatic heterocycles. The molecule has 0 bridgehead atoms. The molecule has 0 amide bonds. The van der Waals surface area contributed by atoms with E-state index in [0.717, 1.165) is 27.2 Å². The van der Waals surface area contributed by atoms with E-state index < -0.39 is 11.9 Å². The van der Waals surface area contributed by atoms with Gasteiger partial charge < -0.3 is 14.4 Å². The molecule has 1 aliphatic rings. The molecule has 0 spiro atoms. The van der Waals surface area contributed by atoms with Gasteiger partial charge in [0.15, 0.2) is 0 Å². The van der Waals surface area contributed by atoms with Crippen LogP contribution in [-0.4, -0.2) is 33.2 Å². The Labute approximate surface area is 150 Å². The smallest absolute Gasteiger partial charge is 0.355 e. The van der Waals surface area contributed by atoms with Crippen LogP contribution >= 0.6 is 0 Å². The number of benzene rings is 3. The Morgan fingerprint density at radius 1 is 0.885 bits per heavy atom. The van der Waals surface area contributed by atoms with E-state index in [4.69, 9.17) is 9.47 Å². The second-order valence-electron chi connectivity index (χ2n) is 6.11. The number of anilines is 1. The van der Waals surface area contributed by atoms with E-state index in [-0.39, 0.29) is 11.3 Å². The van der Waals surface area contributed by atoms with Crippen molar-refractivity contribution in [3.63, 3.8) is 0 Å². The minimum Gasteiger partial charge on any atom is -0.465 e. The maximum atomic E-state index is 12.5. The average molecular weight is 347 g/mol. The number of carbonyl (C=O) groups excluding carboxylic acids is 2. The van der Waals surface area contributed by atoms with Crippen molar-refractivity contribution < 1.29 is 19.1 Å². The average Bonchev–Trinajstić information content (AvgIpc) is 2.69. The van der Waals surface area contributed by atoms with Crippen molar-refractivity contribution in [3.05, 3.63) is 59.8 Å². The molecule has 1 heterocycles. The van der Waals surface area contributed by atoms with Gasteiger partial charge in [0, 0.05) is 18.0 Å². The summed E-state index contributed by atoms with van der Waals surface area (Å²) in [6, 6.07) is 15.8. The first-order valence-electron chi connectivity index (χ1n) is 8.18. The second-order valence-corrected chi connectivity index (χ2v) is 6.11. The summed E-state index contributed by atoms with van der Waals surface area (Å²) >= 11 is 0. The third kappa shape index (κ3) is 2.10. The van der Waals surface area contributed by atoms with Crippen LogP contribution in [0.15, 0.2) is 54.2 Å². The number of nitrogens with zero attached hydrogens (tertiary/aromatic N) is 1. The highest BCUT2D eigenvalue weighted by Gasteiger charge is 2.34. The molecule has 5 nitrogen and oxygen atoms in total. The monoisotopic (exact) mass is 347 g/mol. The van der Waals surface area contributed by atoms with E-state index in [9.17, 15) is 9.59 Å². The van der Waals surface area contributed by atoms with Gasteiger partial charge in [-0.2, -0.15) is 0 Å². The lowest BCUT2D eigenvalue weighted by atomic mass is 9.89. The van der Waals surface area contributed by atoms with Crippen molar-refractivity contribution in [2.75, 3.05) is 26.2 Å². The first-order chi connectivity index (χ1) is 12.6. The van der Waals surface area contributed by atoms with E-state index in [1.807, 2.05) is 42.5 Å². The summed E-state index contributed by atoms with van der Waals surface area (Å²) < 4.78 is 9.90. The second kappa shape index (κ2) is 5.88. The lowest BCUT2D eigenvalue weighted by Crippen LogP contribution is -2.30. The largest absolute Gasteiger partial charge is 0.465 e. The zero-order valence-corrected chi connectivity index (χ0v) is 14.7. The molecule has 0 atom stereocenters. The Morgan fingerprint density at radius 3 is 2.31 bits per heavy atom. The van der Waals surface area contributed by atoms with Crippen molar-refractivity contribution in [1.29, 1.82) is 0 Å². The fourth-order valence-corrected chi connectivity index (χ4v) is 3.67. The summed E-state index contributed by atoms with van der Waals surface area (Å²) in [5.41, 5.74) is 1.92. The number of carbonyl (C=O) groups is 2. The number of esters is 2. The molecule has 1 aliphatic heterocycles. The molecular weight excluding hydrogens is 330 g/mol. The molecule has 3 aromatic rings. The molecule has 0 fully saturated rings. The highest BCUT2D eigenvalue weighted by Crippen LogP contribution is 2.44. The number of likely N-dealkylation sites (N-methyl/N-ethyl adjacent to an activating group) is 1. The van der Waals surface area contributed by atoms with Crippen LogP contribution in [0, 0.1) is 0 Å². The highest BCUT2D eigenvalue weighted by atomic mass is 16.5. The first-order valence-corrected chi connectivity index (χ1v) is 8.18. The summed E-state index contributed by atoms with van der Waals surface area (Å²) in [5.74, 6) is -1.15. The zero-order chi connectivity index (χ0) is 18.4. The van der Waals surface area contributed by atoms with Crippen LogP contribution in [0.3, 0.4) is 0 Å². The molecule has 0 unspecified atom stereocenters. The number of methoxy groups -OCH3 is 2. The fraction of sp³-hybridized carbons (Fsp3) is 0.143. The summed E-state index contributed by atoms with van der Waals surface area (Å²) in [6.45, 7) is 0. The van der Waals surface area contributed by atoms with Crippen LogP contribution in [0.5, 0.6) is 0 Å². The molecule has 0 radical (unpaired) electrons. The van der Waals surface area contributed by atoms with Gasteiger partial charge in [0.25, 0.3) is 0 Å². The minimum atomic E-state index is -0.580. The molecule has 0 saturated heterocycles. The molecule has 26 heavy (non-hydrogen) atoms. The third-order valence-corrected chi connectivity index (χ3v) is 4.83. The van der Waals surface area contributed by atoms with Crippen LogP contribution < -0.4 is 4.90 Å². The van der Waals surface area contributed by atoms with Gasteiger partial charge in [-0.25, -0.2) is 9.59 Å². The van der Waals surface area contributed by atoms with Crippen molar-refractivity contribution in [1.82, 2.24) is 0 Å². The Kier molecular flexibility index (Phi) is 3.65. The van der Waals surface area contributed by atoms with Gasteiger partial charge in [0.1, 0.15) is 5.70 Å². The van der Waals surface area contributed by atoms with Crippen LogP contribution in [0.2, 0.25) is 0 Å². The summed E-state index contributed by atoms with van der Waals surface area (Å²) in [7, 11) is 4.36. The number of fused-ring (bicyclic) bond motifs is 2. The number of hydrogen-bond acceptors (Lipinski definition) is 5. The van der Waals surface area contributed by atoms with Gasteiger partial charge in [-0.05, 0) is 22.2 Å². The minimum absolute atomic E-state index is 0.176. The molecule has 0 N–H and O–H groups in total. The van der Waals surface area contributed by atoms with Crippen molar-refractivity contribution in [2.24, 2.45) is 0 Å². The molecule has 3 aromatic carbocycles. The standard InChI is InChI=1S/C21H17NO4/c1-22-16-11-12-7-4-5-8-13(12)14-9-6-10-15(17(14)16)18(20(23)25-2)19(22)21(24)26-3/h4-11H,1-3H3. The van der Waals surface area contributed by atoms with Crippen LogP contribution in [-0.2, 0) is 19.1 Å². The van der Waals surface area contributed by atoms with E-state index >= 15 is 0 Å². The molecule has 0 aliphatic carbocycles. The third-order valence-electron chi connectivity index (χ3n) is 4.83. The predicted molar refractivity (Wildman–Crippen MR) is 101 cm³/mol. The first kappa shape index (κ1) is 16.1. The lowest BCUT2D eigenvalue weighted by molar-refractivity contribution is -0.137. The van der Waals surface area contributed by atoms with Crippen LogP contribution in [0.4, 0.5) is 5.69 Å². The van der Waals surface area contributed by atoms with E-state index in [2.05, 4.69) is 6.07 Å². The van der Waals surface area contributed by atoms with Crippen LogP contribution in [0.1, 0.15) is 5.56 Å². The van der Waals surface area contributed by atoms with Gasteiger partial charge in [-0.15, -0.1) is 0 Å². The Hall–Kier alpha value is -3.34. The van der Waals surface area contributed by atoms with Gasteiger partial charge in [-0.3, -0.25) is 0 Å². The summed E-state index contributed by atoms with van der Waals surface area (Å²) in [4.78, 5) is 26.7. The summed E-state index contributed by atoms with van der Waals surface area (Å²) in [5, 5.41) is 4.09. The van der Waals surface area contributed by atoms with Gasteiger partial charge >= 0.3 is 11.9 Å². The topological polar surface area (TPSA) is 55.8 Å². The zero-order valence-electron chi connectivity index (χ0n) is 14.7. The molecule has 4 rings (SSSR count). The number of hydrogen-bond donors (Lipinski definition) is 0. The SMILES string of the molecule is COC(=O)C1=C(C(=O)OC)N(C)c2cc3ccccc3c3cccc1c23. The van der Waals surface area contributed by atoms with E-state index in [1.165, 1.54) is 14.2 Å². The Bertz CT molecular complexity index is 1110. The Balaban J connectivity index is 2.19. The molecular formula is C21H17NO4. The maximum Gasteiger partial charge on any atom is 0.355 e. The fourth-order valence-electron chi connectivity index (χ4n) is 3.67. The highest BCUT2D eigenvalue weighted by molar-refractivity contribution is 6.31.